The van der Waals surface area contributed by atoms with E-state index in [0.29, 0.717) is 5.56 Å². The van der Waals surface area contributed by atoms with Crippen molar-refractivity contribution in [1.82, 2.24) is 0 Å². The highest BCUT2D eigenvalue weighted by atomic mass is 16.1. The van der Waals surface area contributed by atoms with E-state index in [2.05, 4.69) is 97.9 Å². The van der Waals surface area contributed by atoms with Gasteiger partial charge in [0.05, 0.1) is 5.41 Å². The number of hydrogen-bond donors (Lipinski definition) is 0. The molecule has 0 unspecified atom stereocenters. The molecule has 0 saturated carbocycles. The first kappa shape index (κ1) is 16.7. The fourth-order valence-corrected chi connectivity index (χ4v) is 4.69. The summed E-state index contributed by atoms with van der Waals surface area (Å²) >= 11 is 0. The third-order valence-electron chi connectivity index (χ3n) is 5.87. The molecule has 0 aliphatic heterocycles. The maximum absolute atomic E-state index is 11.6. The van der Waals surface area contributed by atoms with Crippen LogP contribution in [0, 0.1) is 6.92 Å². The molecule has 134 valence electrons. The lowest BCUT2D eigenvalue weighted by atomic mass is 9.67. The Hall–Kier alpha value is -3.45. The molecule has 0 spiro atoms. The van der Waals surface area contributed by atoms with E-state index in [1.807, 2.05) is 6.07 Å². The molecule has 1 nitrogen and oxygen atoms in total. The summed E-state index contributed by atoms with van der Waals surface area (Å²) in [5.74, 6) is 0. The van der Waals surface area contributed by atoms with Crippen molar-refractivity contribution < 1.29 is 4.79 Å². The smallest absolute Gasteiger partial charge is 0.150 e. The van der Waals surface area contributed by atoms with Crippen molar-refractivity contribution in [3.05, 3.63) is 130 Å². The molecule has 4 aromatic carbocycles. The highest BCUT2D eigenvalue weighted by Crippen LogP contribution is 2.56. The van der Waals surface area contributed by atoms with Crippen molar-refractivity contribution in [2.75, 3.05) is 0 Å². The monoisotopic (exact) mass is 360 g/mol. The Kier molecular flexibility index (Phi) is 3.77. The molecular weight excluding hydrogens is 340 g/mol. The molecule has 1 heteroatoms. The molecule has 0 amide bonds. The van der Waals surface area contributed by atoms with Crippen LogP contribution in [0.25, 0.3) is 11.1 Å². The second-order valence-corrected chi connectivity index (χ2v) is 7.45. The number of rotatable bonds is 3. The topological polar surface area (TPSA) is 17.1 Å². The summed E-state index contributed by atoms with van der Waals surface area (Å²) in [6.45, 7) is 2.14. The van der Waals surface area contributed by atoms with Crippen molar-refractivity contribution in [3.8, 4) is 11.1 Å². The zero-order valence-electron chi connectivity index (χ0n) is 15.7. The minimum absolute atomic E-state index is 0.432. The average Bonchev–Trinajstić information content (AvgIpc) is 3.04. The number of carbonyl (C=O) groups is 1. The summed E-state index contributed by atoms with van der Waals surface area (Å²) in [6, 6.07) is 34.0. The molecule has 28 heavy (non-hydrogen) atoms. The number of carbonyl (C=O) groups excluding carboxylic acids is 1. The predicted molar refractivity (Wildman–Crippen MR) is 114 cm³/mol. The van der Waals surface area contributed by atoms with Gasteiger partial charge in [0, 0.05) is 5.56 Å². The molecule has 0 heterocycles. The fraction of sp³-hybridized carbons (Fsp3) is 0.0741. The lowest BCUT2D eigenvalue weighted by Gasteiger charge is -2.34. The second kappa shape index (κ2) is 6.31. The van der Waals surface area contributed by atoms with Crippen LogP contribution >= 0.6 is 0 Å². The van der Waals surface area contributed by atoms with Gasteiger partial charge in [-0.15, -0.1) is 0 Å². The van der Waals surface area contributed by atoms with Gasteiger partial charge in [0.25, 0.3) is 0 Å². The van der Waals surface area contributed by atoms with Crippen molar-refractivity contribution >= 4 is 6.29 Å². The molecule has 4 aromatic rings. The Morgan fingerprint density at radius 3 is 1.75 bits per heavy atom. The van der Waals surface area contributed by atoms with Gasteiger partial charge in [0.15, 0.2) is 0 Å². The van der Waals surface area contributed by atoms with Crippen molar-refractivity contribution in [3.63, 3.8) is 0 Å². The minimum atomic E-state index is -0.432. The van der Waals surface area contributed by atoms with Crippen LogP contribution in [0.15, 0.2) is 97.1 Å². The molecular formula is C27H20O. The van der Waals surface area contributed by atoms with Gasteiger partial charge in [-0.1, -0.05) is 96.6 Å². The van der Waals surface area contributed by atoms with E-state index in [9.17, 15) is 4.79 Å². The van der Waals surface area contributed by atoms with Gasteiger partial charge in [0.2, 0.25) is 0 Å². The van der Waals surface area contributed by atoms with Gasteiger partial charge in [0.1, 0.15) is 6.29 Å². The van der Waals surface area contributed by atoms with Crippen LogP contribution in [0.4, 0.5) is 0 Å². The van der Waals surface area contributed by atoms with Crippen LogP contribution < -0.4 is 0 Å². The second-order valence-electron chi connectivity index (χ2n) is 7.45. The van der Waals surface area contributed by atoms with Crippen LogP contribution in [0.2, 0.25) is 0 Å². The highest BCUT2D eigenvalue weighted by Gasteiger charge is 2.46. The number of hydrogen-bond acceptors (Lipinski definition) is 1. The lowest BCUT2D eigenvalue weighted by molar-refractivity contribution is 0.112. The normalized spacial score (nSPS) is 13.6. The largest absolute Gasteiger partial charge is 0.298 e. The third-order valence-corrected chi connectivity index (χ3v) is 5.87. The quantitative estimate of drug-likeness (QED) is 0.352. The SMILES string of the molecule is Cc1ccc2c(c1)C(c1ccccc1)(c1ccccc1)c1cc(C=O)ccc1-2. The molecule has 0 atom stereocenters. The van der Waals surface area contributed by atoms with Gasteiger partial charge >= 0.3 is 0 Å². The molecule has 0 bridgehead atoms. The molecule has 0 fully saturated rings. The summed E-state index contributed by atoms with van der Waals surface area (Å²) in [4.78, 5) is 11.6. The molecule has 0 aromatic heterocycles. The Morgan fingerprint density at radius 2 is 1.18 bits per heavy atom. The Morgan fingerprint density at radius 1 is 0.643 bits per heavy atom. The first-order chi connectivity index (χ1) is 13.7. The minimum Gasteiger partial charge on any atom is -0.298 e. The van der Waals surface area contributed by atoms with Crippen molar-refractivity contribution in [1.29, 1.82) is 0 Å². The zero-order valence-corrected chi connectivity index (χ0v) is 15.7. The Labute approximate surface area is 165 Å². The van der Waals surface area contributed by atoms with Gasteiger partial charge in [-0.3, -0.25) is 4.79 Å². The van der Waals surface area contributed by atoms with Crippen molar-refractivity contribution in [2.45, 2.75) is 12.3 Å². The summed E-state index contributed by atoms with van der Waals surface area (Å²) in [5.41, 5.74) is 8.85. The Balaban J connectivity index is 1.99. The first-order valence-corrected chi connectivity index (χ1v) is 9.57. The summed E-state index contributed by atoms with van der Waals surface area (Å²) in [5, 5.41) is 0. The van der Waals surface area contributed by atoms with E-state index in [0.717, 1.165) is 6.29 Å². The van der Waals surface area contributed by atoms with E-state index in [1.54, 1.807) is 0 Å². The predicted octanol–water partition coefficient (Wildman–Crippen LogP) is 6.17. The first-order valence-electron chi connectivity index (χ1n) is 9.57. The Bertz CT molecular complexity index is 1130. The average molecular weight is 360 g/mol. The number of fused-ring (bicyclic) bond motifs is 3. The number of aldehydes is 1. The van der Waals surface area contributed by atoms with Gasteiger partial charge in [-0.25, -0.2) is 0 Å². The highest BCUT2D eigenvalue weighted by molar-refractivity contribution is 5.89. The summed E-state index contributed by atoms with van der Waals surface area (Å²) in [7, 11) is 0. The third kappa shape index (κ3) is 2.23. The van der Waals surface area contributed by atoms with E-state index in [4.69, 9.17) is 0 Å². The molecule has 5 rings (SSSR count). The summed E-state index contributed by atoms with van der Waals surface area (Å²) in [6.07, 6.45) is 0.940. The standard InChI is InChI=1S/C27H20O/c1-19-12-14-23-24-15-13-20(18-28)17-26(24)27(25(23)16-19,21-8-4-2-5-9-21)22-10-6-3-7-11-22/h2-18H,1H3. The van der Waals surface area contributed by atoms with E-state index < -0.39 is 5.41 Å². The molecule has 1 aliphatic carbocycles. The van der Waals surface area contributed by atoms with Crippen molar-refractivity contribution in [2.24, 2.45) is 0 Å². The summed E-state index contributed by atoms with van der Waals surface area (Å²) < 4.78 is 0. The van der Waals surface area contributed by atoms with E-state index in [-0.39, 0.29) is 0 Å². The maximum atomic E-state index is 11.6. The van der Waals surface area contributed by atoms with Crippen LogP contribution in [0.3, 0.4) is 0 Å². The van der Waals surface area contributed by atoms with Crippen LogP contribution in [-0.2, 0) is 5.41 Å². The van der Waals surface area contributed by atoms with Gasteiger partial charge in [-0.2, -0.15) is 0 Å². The number of benzene rings is 4. The van der Waals surface area contributed by atoms with Gasteiger partial charge < -0.3 is 0 Å². The van der Waals surface area contributed by atoms with Crippen LogP contribution in [-0.4, -0.2) is 6.29 Å². The maximum Gasteiger partial charge on any atom is 0.150 e. The van der Waals surface area contributed by atoms with E-state index >= 15 is 0 Å². The fourth-order valence-electron chi connectivity index (χ4n) is 4.69. The molecule has 0 saturated heterocycles. The van der Waals surface area contributed by atoms with Crippen LogP contribution in [0.1, 0.15) is 38.2 Å². The molecule has 0 radical (unpaired) electrons. The molecule has 1 aliphatic rings. The van der Waals surface area contributed by atoms with Gasteiger partial charge in [-0.05, 0) is 46.4 Å². The van der Waals surface area contributed by atoms with E-state index in [1.165, 1.54) is 38.9 Å². The van der Waals surface area contributed by atoms with Crippen LogP contribution in [0.5, 0.6) is 0 Å². The lowest BCUT2D eigenvalue weighted by Crippen LogP contribution is -2.28. The number of aryl methyl sites for hydroxylation is 1. The zero-order chi connectivity index (χ0) is 19.1. The molecule has 0 N–H and O–H groups in total.